The Morgan fingerprint density at radius 1 is 1.27 bits per heavy atom. The van der Waals surface area contributed by atoms with E-state index in [4.69, 9.17) is 5.11 Å². The average molecular weight is 209 g/mol. The van der Waals surface area contributed by atoms with Gasteiger partial charge in [-0.1, -0.05) is 12.2 Å². The first-order chi connectivity index (χ1) is 7.14. The van der Waals surface area contributed by atoms with Crippen LogP contribution in [0.3, 0.4) is 0 Å². The average Bonchev–Trinajstić information content (AvgIpc) is 2.62. The van der Waals surface area contributed by atoms with Crippen LogP contribution in [0.25, 0.3) is 0 Å². The summed E-state index contributed by atoms with van der Waals surface area (Å²) in [7, 11) is 0. The molecule has 1 saturated carbocycles. The van der Waals surface area contributed by atoms with E-state index in [1.165, 1.54) is 0 Å². The van der Waals surface area contributed by atoms with Crippen molar-refractivity contribution in [1.82, 2.24) is 5.32 Å². The minimum absolute atomic E-state index is 0.0539. The molecule has 0 heterocycles. The Labute approximate surface area is 88.4 Å². The molecule has 82 valence electrons. The molecule has 4 nitrogen and oxygen atoms in total. The Morgan fingerprint density at radius 3 is 2.27 bits per heavy atom. The molecular weight excluding hydrogens is 194 g/mol. The monoisotopic (exact) mass is 209 g/mol. The third kappa shape index (κ3) is 1.76. The smallest absolute Gasteiger partial charge is 0.329 e. The zero-order chi connectivity index (χ0) is 10.9. The van der Waals surface area contributed by atoms with E-state index < -0.39 is 11.5 Å². The minimum atomic E-state index is -0.959. The third-order valence-corrected chi connectivity index (χ3v) is 3.36. The van der Waals surface area contributed by atoms with Crippen LogP contribution in [-0.2, 0) is 9.59 Å². The van der Waals surface area contributed by atoms with E-state index in [1.807, 2.05) is 12.2 Å². The second kappa shape index (κ2) is 3.68. The quantitative estimate of drug-likeness (QED) is 0.683. The highest BCUT2D eigenvalue weighted by Crippen LogP contribution is 2.33. The number of amides is 1. The van der Waals surface area contributed by atoms with E-state index in [2.05, 4.69) is 5.32 Å². The van der Waals surface area contributed by atoms with Crippen LogP contribution < -0.4 is 5.32 Å². The molecule has 0 aromatic heterocycles. The van der Waals surface area contributed by atoms with Crippen molar-refractivity contribution < 1.29 is 14.7 Å². The number of carboxylic acids is 1. The maximum Gasteiger partial charge on any atom is 0.329 e. The maximum atomic E-state index is 11.7. The van der Waals surface area contributed by atoms with Crippen molar-refractivity contribution in [2.75, 3.05) is 0 Å². The van der Waals surface area contributed by atoms with Crippen LogP contribution in [0.5, 0.6) is 0 Å². The van der Waals surface area contributed by atoms with E-state index in [0.29, 0.717) is 12.8 Å². The maximum absolute atomic E-state index is 11.7. The summed E-state index contributed by atoms with van der Waals surface area (Å²) in [4.78, 5) is 22.8. The van der Waals surface area contributed by atoms with Gasteiger partial charge in [0.1, 0.15) is 5.54 Å². The standard InChI is InChI=1S/C11H15NO3/c13-9(8-4-1-2-5-8)12-11(10(14)15)6-3-7-11/h1-2,8H,3-7H2,(H,12,13)(H,14,15). The van der Waals surface area contributed by atoms with Gasteiger partial charge in [0.2, 0.25) is 5.91 Å². The van der Waals surface area contributed by atoms with Crippen molar-refractivity contribution in [3.05, 3.63) is 12.2 Å². The molecule has 2 rings (SSSR count). The van der Waals surface area contributed by atoms with Crippen molar-refractivity contribution >= 4 is 11.9 Å². The summed E-state index contributed by atoms with van der Waals surface area (Å²) >= 11 is 0. The van der Waals surface area contributed by atoms with Crippen molar-refractivity contribution in [1.29, 1.82) is 0 Å². The molecule has 2 aliphatic rings. The lowest BCUT2D eigenvalue weighted by Crippen LogP contribution is -2.60. The molecule has 0 bridgehead atoms. The van der Waals surface area contributed by atoms with Crippen molar-refractivity contribution in [3.8, 4) is 0 Å². The number of hydrogen-bond acceptors (Lipinski definition) is 2. The first-order valence-corrected chi connectivity index (χ1v) is 5.34. The van der Waals surface area contributed by atoms with Gasteiger partial charge in [-0.25, -0.2) is 4.79 Å². The van der Waals surface area contributed by atoms with Crippen molar-refractivity contribution in [2.45, 2.75) is 37.6 Å². The Kier molecular flexibility index (Phi) is 2.50. The zero-order valence-electron chi connectivity index (χ0n) is 8.53. The van der Waals surface area contributed by atoms with E-state index in [1.54, 1.807) is 0 Å². The van der Waals surface area contributed by atoms with Gasteiger partial charge in [-0.3, -0.25) is 4.79 Å². The first-order valence-electron chi connectivity index (χ1n) is 5.34. The second-order valence-electron chi connectivity index (χ2n) is 4.37. The van der Waals surface area contributed by atoms with Crippen molar-refractivity contribution in [3.63, 3.8) is 0 Å². The Balaban J connectivity index is 1.95. The van der Waals surface area contributed by atoms with Gasteiger partial charge in [-0.15, -0.1) is 0 Å². The summed E-state index contributed by atoms with van der Waals surface area (Å²) in [5, 5.41) is 11.7. The molecule has 2 N–H and O–H groups in total. The molecule has 1 fully saturated rings. The second-order valence-corrected chi connectivity index (χ2v) is 4.37. The third-order valence-electron chi connectivity index (χ3n) is 3.36. The number of allylic oxidation sites excluding steroid dienone is 2. The zero-order valence-corrected chi connectivity index (χ0v) is 8.53. The van der Waals surface area contributed by atoms with Gasteiger partial charge >= 0.3 is 5.97 Å². The van der Waals surface area contributed by atoms with Crippen molar-refractivity contribution in [2.24, 2.45) is 5.92 Å². The first kappa shape index (κ1) is 10.2. The van der Waals surface area contributed by atoms with Gasteiger partial charge in [-0.2, -0.15) is 0 Å². The Morgan fingerprint density at radius 2 is 1.87 bits per heavy atom. The van der Waals surface area contributed by atoms with Crippen LogP contribution in [0.4, 0.5) is 0 Å². The summed E-state index contributed by atoms with van der Waals surface area (Å²) in [6.45, 7) is 0. The van der Waals surface area contributed by atoms with Crippen LogP contribution >= 0.6 is 0 Å². The van der Waals surface area contributed by atoms with Gasteiger partial charge in [0.25, 0.3) is 0 Å². The predicted molar refractivity (Wildman–Crippen MR) is 54.2 cm³/mol. The summed E-state index contributed by atoms with van der Waals surface area (Å²) in [5.41, 5.74) is -0.959. The van der Waals surface area contributed by atoms with E-state index in [9.17, 15) is 9.59 Å². The molecule has 0 atom stereocenters. The lowest BCUT2D eigenvalue weighted by Gasteiger charge is -2.38. The molecule has 0 aromatic rings. The van der Waals surface area contributed by atoms with Crippen LogP contribution in [0.2, 0.25) is 0 Å². The summed E-state index contributed by atoms with van der Waals surface area (Å²) < 4.78 is 0. The van der Waals surface area contributed by atoms with Crippen LogP contribution in [0.15, 0.2) is 12.2 Å². The number of rotatable bonds is 3. The molecular formula is C11H15NO3. The molecule has 0 aliphatic heterocycles. The normalized spacial score (nSPS) is 23.5. The molecule has 2 aliphatic carbocycles. The van der Waals surface area contributed by atoms with E-state index in [0.717, 1.165) is 19.3 Å². The summed E-state index contributed by atoms with van der Waals surface area (Å²) in [6.07, 6.45) is 7.43. The minimum Gasteiger partial charge on any atom is -0.480 e. The number of nitrogens with one attached hydrogen (secondary N) is 1. The number of aliphatic carboxylic acids is 1. The highest BCUT2D eigenvalue weighted by Gasteiger charge is 2.46. The predicted octanol–water partition coefficient (Wildman–Crippen LogP) is 1.08. The van der Waals surface area contributed by atoms with Crippen LogP contribution in [0.1, 0.15) is 32.1 Å². The molecule has 0 aromatic carbocycles. The number of hydrogen-bond donors (Lipinski definition) is 2. The van der Waals surface area contributed by atoms with Crippen LogP contribution in [-0.4, -0.2) is 22.5 Å². The summed E-state index contributed by atoms with van der Waals surface area (Å²) in [6, 6.07) is 0. The fourth-order valence-corrected chi connectivity index (χ4v) is 2.09. The molecule has 0 saturated heterocycles. The molecule has 0 spiro atoms. The van der Waals surface area contributed by atoms with Gasteiger partial charge < -0.3 is 10.4 Å². The highest BCUT2D eigenvalue weighted by molar-refractivity contribution is 5.89. The SMILES string of the molecule is O=C(NC1(C(=O)O)CCC1)C1CC=CC1. The fourth-order valence-electron chi connectivity index (χ4n) is 2.09. The number of carbonyl (C=O) groups is 2. The number of carbonyl (C=O) groups excluding carboxylic acids is 1. The lowest BCUT2D eigenvalue weighted by atomic mass is 9.76. The molecule has 0 unspecified atom stereocenters. The van der Waals surface area contributed by atoms with E-state index >= 15 is 0 Å². The van der Waals surface area contributed by atoms with Gasteiger partial charge in [-0.05, 0) is 32.1 Å². The highest BCUT2D eigenvalue weighted by atomic mass is 16.4. The summed E-state index contributed by atoms with van der Waals surface area (Å²) in [5.74, 6) is -1.06. The van der Waals surface area contributed by atoms with Gasteiger partial charge in [0.15, 0.2) is 0 Å². The largest absolute Gasteiger partial charge is 0.480 e. The molecule has 1 amide bonds. The van der Waals surface area contributed by atoms with Gasteiger partial charge in [0.05, 0.1) is 0 Å². The Bertz CT molecular complexity index is 310. The van der Waals surface area contributed by atoms with E-state index in [-0.39, 0.29) is 11.8 Å². The molecule has 0 radical (unpaired) electrons. The topological polar surface area (TPSA) is 66.4 Å². The Hall–Kier alpha value is -1.32. The lowest BCUT2D eigenvalue weighted by molar-refractivity contribution is -0.152. The number of carboxylic acid groups (broad SMARTS) is 1. The molecule has 4 heteroatoms. The van der Waals surface area contributed by atoms with Gasteiger partial charge in [0, 0.05) is 5.92 Å². The van der Waals surface area contributed by atoms with Crippen LogP contribution in [0, 0.1) is 5.92 Å². The molecule has 15 heavy (non-hydrogen) atoms. The fraction of sp³-hybridized carbons (Fsp3) is 0.636.